The zero-order valence-electron chi connectivity index (χ0n) is 5.78. The first-order valence-corrected chi connectivity index (χ1v) is 2.98. The van der Waals surface area contributed by atoms with Crippen molar-refractivity contribution in [1.29, 1.82) is 0 Å². The van der Waals surface area contributed by atoms with Crippen molar-refractivity contribution in [2.24, 2.45) is 0 Å². The minimum absolute atomic E-state index is 0.125. The topological polar surface area (TPSA) is 48.2 Å². The zero-order chi connectivity index (χ0) is 7.40. The predicted molar refractivity (Wildman–Crippen MR) is 34.0 cm³/mol. The highest BCUT2D eigenvalue weighted by molar-refractivity contribution is 4.85. The summed E-state index contributed by atoms with van der Waals surface area (Å²) in [4.78, 5) is 3.85. The van der Waals surface area contributed by atoms with E-state index in [1.54, 1.807) is 0 Å². The molecule has 0 saturated carbocycles. The molecule has 0 fully saturated rings. The zero-order valence-corrected chi connectivity index (χ0v) is 5.78. The first-order chi connectivity index (χ1) is 4.84. The van der Waals surface area contributed by atoms with Crippen LogP contribution in [-0.2, 0) is 4.74 Å². The van der Waals surface area contributed by atoms with Crippen molar-refractivity contribution in [3.05, 3.63) is 19.3 Å². The lowest BCUT2D eigenvalue weighted by Gasteiger charge is -2.01. The lowest BCUT2D eigenvalue weighted by Crippen LogP contribution is -2.00. The molecule has 0 aliphatic rings. The number of rotatable bonds is 3. The Balaban J connectivity index is 2.50. The maximum Gasteiger partial charge on any atom is 0.231 e. The highest BCUT2D eigenvalue weighted by Gasteiger charge is 2.09. The molecule has 10 heavy (non-hydrogen) atoms. The molecule has 1 unspecified atom stereocenters. The van der Waals surface area contributed by atoms with Crippen molar-refractivity contribution >= 4 is 0 Å². The van der Waals surface area contributed by atoms with Gasteiger partial charge < -0.3 is 9.26 Å². The molecule has 4 nitrogen and oxygen atoms in total. The molecule has 0 amide bonds. The Kier molecular flexibility index (Phi) is 2.39. The van der Waals surface area contributed by atoms with Crippen LogP contribution in [0.1, 0.15) is 18.7 Å². The first-order valence-electron chi connectivity index (χ1n) is 2.98. The van der Waals surface area contributed by atoms with E-state index in [-0.39, 0.29) is 5.92 Å². The van der Waals surface area contributed by atoms with Gasteiger partial charge in [0.1, 0.15) is 0 Å². The normalized spacial score (nSPS) is 13.4. The minimum atomic E-state index is 0.125. The lowest BCUT2D eigenvalue weighted by atomic mass is 10.2. The van der Waals surface area contributed by atoms with Gasteiger partial charge in [0, 0.05) is 0 Å². The highest BCUT2D eigenvalue weighted by atomic mass is 16.5. The van der Waals surface area contributed by atoms with Crippen molar-refractivity contribution in [1.82, 2.24) is 10.1 Å². The SMILES string of the molecule is [CH2]OCC(C)c1ncno1. The van der Waals surface area contributed by atoms with Gasteiger partial charge in [0.2, 0.25) is 5.89 Å². The maximum absolute atomic E-state index is 4.78. The number of hydrogen-bond donors (Lipinski definition) is 0. The Labute approximate surface area is 59.2 Å². The fourth-order valence-corrected chi connectivity index (χ4v) is 0.647. The second-order valence-electron chi connectivity index (χ2n) is 2.05. The fourth-order valence-electron chi connectivity index (χ4n) is 0.647. The van der Waals surface area contributed by atoms with Crippen LogP contribution < -0.4 is 0 Å². The average Bonchev–Trinajstić information content (AvgIpc) is 2.38. The van der Waals surface area contributed by atoms with Crippen LogP contribution in [0.15, 0.2) is 10.9 Å². The molecule has 0 aliphatic heterocycles. The Morgan fingerprint density at radius 1 is 1.90 bits per heavy atom. The van der Waals surface area contributed by atoms with E-state index in [4.69, 9.17) is 4.52 Å². The van der Waals surface area contributed by atoms with Crippen molar-refractivity contribution in [3.63, 3.8) is 0 Å². The van der Waals surface area contributed by atoms with Crippen LogP contribution >= 0.6 is 0 Å². The molecule has 1 radical (unpaired) electrons. The fraction of sp³-hybridized carbons (Fsp3) is 0.500. The molecule has 1 heterocycles. The molecule has 0 aromatic carbocycles. The Morgan fingerprint density at radius 3 is 3.20 bits per heavy atom. The second-order valence-corrected chi connectivity index (χ2v) is 2.05. The largest absolute Gasteiger partial charge is 0.378 e. The lowest BCUT2D eigenvalue weighted by molar-refractivity contribution is 0.205. The van der Waals surface area contributed by atoms with Gasteiger partial charge in [-0.25, -0.2) is 0 Å². The van der Waals surface area contributed by atoms with E-state index >= 15 is 0 Å². The molecule has 1 aromatic heterocycles. The van der Waals surface area contributed by atoms with E-state index in [0.717, 1.165) is 0 Å². The van der Waals surface area contributed by atoms with Crippen molar-refractivity contribution in [2.45, 2.75) is 12.8 Å². The van der Waals surface area contributed by atoms with Crippen LogP contribution in [-0.4, -0.2) is 16.7 Å². The monoisotopic (exact) mass is 141 g/mol. The van der Waals surface area contributed by atoms with Gasteiger partial charge in [0.15, 0.2) is 6.33 Å². The minimum Gasteiger partial charge on any atom is -0.378 e. The van der Waals surface area contributed by atoms with Gasteiger partial charge in [-0.05, 0) is 0 Å². The molecule has 4 heteroatoms. The molecule has 0 saturated heterocycles. The smallest absolute Gasteiger partial charge is 0.231 e. The number of ether oxygens (including phenoxy) is 1. The number of hydrogen-bond acceptors (Lipinski definition) is 4. The van der Waals surface area contributed by atoms with E-state index in [0.29, 0.717) is 12.5 Å². The van der Waals surface area contributed by atoms with Gasteiger partial charge in [0.05, 0.1) is 19.6 Å². The van der Waals surface area contributed by atoms with Gasteiger partial charge >= 0.3 is 0 Å². The Morgan fingerprint density at radius 2 is 2.70 bits per heavy atom. The standard InChI is InChI=1S/C6H9N2O2/c1-5(3-9-2)6-7-4-8-10-6/h4-5H,2-3H2,1H3. The van der Waals surface area contributed by atoms with E-state index in [1.165, 1.54) is 6.33 Å². The van der Waals surface area contributed by atoms with Crippen molar-refractivity contribution < 1.29 is 9.26 Å². The van der Waals surface area contributed by atoms with E-state index in [2.05, 4.69) is 22.0 Å². The number of nitrogens with zero attached hydrogens (tertiary/aromatic N) is 2. The Hall–Kier alpha value is -0.900. The molecule has 0 aliphatic carbocycles. The average molecular weight is 141 g/mol. The highest BCUT2D eigenvalue weighted by Crippen LogP contribution is 2.10. The number of aromatic nitrogens is 2. The van der Waals surface area contributed by atoms with E-state index < -0.39 is 0 Å². The van der Waals surface area contributed by atoms with Crippen LogP contribution in [0.3, 0.4) is 0 Å². The maximum atomic E-state index is 4.78. The second kappa shape index (κ2) is 3.31. The summed E-state index contributed by atoms with van der Waals surface area (Å²) < 4.78 is 9.43. The van der Waals surface area contributed by atoms with Crippen molar-refractivity contribution in [2.75, 3.05) is 6.61 Å². The Bertz CT molecular complexity index is 174. The molecule has 1 atom stereocenters. The summed E-state index contributed by atoms with van der Waals surface area (Å²) in [6, 6.07) is 0. The van der Waals surface area contributed by atoms with Crippen LogP contribution in [0.4, 0.5) is 0 Å². The molecule has 55 valence electrons. The van der Waals surface area contributed by atoms with E-state index in [1.807, 2.05) is 6.92 Å². The van der Waals surface area contributed by atoms with Gasteiger partial charge in [-0.15, -0.1) is 0 Å². The molecule has 0 N–H and O–H groups in total. The molecular weight excluding hydrogens is 132 g/mol. The van der Waals surface area contributed by atoms with Gasteiger partial charge in [-0.2, -0.15) is 4.98 Å². The molecule has 1 rings (SSSR count). The van der Waals surface area contributed by atoms with Crippen LogP contribution in [0.5, 0.6) is 0 Å². The summed E-state index contributed by atoms with van der Waals surface area (Å²) in [6.45, 7) is 2.43. The quantitative estimate of drug-likeness (QED) is 0.629. The van der Waals surface area contributed by atoms with Gasteiger partial charge in [-0.1, -0.05) is 12.1 Å². The summed E-state index contributed by atoms with van der Waals surface area (Å²) in [6.07, 6.45) is 1.37. The summed E-state index contributed by atoms with van der Waals surface area (Å²) in [5.41, 5.74) is 0. The van der Waals surface area contributed by atoms with Gasteiger partial charge in [0.25, 0.3) is 0 Å². The third kappa shape index (κ3) is 1.54. The molecule has 0 bridgehead atoms. The first kappa shape index (κ1) is 7.21. The predicted octanol–water partition coefficient (Wildman–Crippen LogP) is 0.981. The summed E-state index contributed by atoms with van der Waals surface area (Å²) in [5.74, 6) is 0.712. The third-order valence-corrected chi connectivity index (χ3v) is 1.17. The summed E-state index contributed by atoms with van der Waals surface area (Å²) in [5, 5.41) is 3.46. The third-order valence-electron chi connectivity index (χ3n) is 1.17. The molecular formula is C6H9N2O2. The molecule has 0 spiro atoms. The van der Waals surface area contributed by atoms with Crippen LogP contribution in [0, 0.1) is 7.11 Å². The summed E-state index contributed by atoms with van der Waals surface area (Å²) >= 11 is 0. The van der Waals surface area contributed by atoms with Gasteiger partial charge in [-0.3, -0.25) is 0 Å². The van der Waals surface area contributed by atoms with E-state index in [9.17, 15) is 0 Å². The molecule has 1 aromatic rings. The van der Waals surface area contributed by atoms with Crippen molar-refractivity contribution in [3.8, 4) is 0 Å². The summed E-state index contributed by atoms with van der Waals surface area (Å²) in [7, 11) is 3.25. The van der Waals surface area contributed by atoms with Crippen LogP contribution in [0.2, 0.25) is 0 Å². The van der Waals surface area contributed by atoms with Crippen LogP contribution in [0.25, 0.3) is 0 Å².